The molecule has 0 bridgehead atoms. The van der Waals surface area contributed by atoms with Gasteiger partial charge in [0.15, 0.2) is 0 Å². The second-order valence-corrected chi connectivity index (χ2v) is 11.8. The molecule has 2 saturated heterocycles. The fourth-order valence-electron chi connectivity index (χ4n) is 5.03. The normalized spacial score (nSPS) is 16.6. The highest BCUT2D eigenvalue weighted by Crippen LogP contribution is 2.47. The maximum atomic E-state index is 9.60. The van der Waals surface area contributed by atoms with E-state index in [1.807, 2.05) is 48.5 Å². The summed E-state index contributed by atoms with van der Waals surface area (Å²) in [5.41, 5.74) is 6.10. The number of hydrogen-bond acceptors (Lipinski definition) is 7. The first kappa shape index (κ1) is 37.9. The van der Waals surface area contributed by atoms with Gasteiger partial charge in [-0.15, -0.1) is 0 Å². The van der Waals surface area contributed by atoms with Crippen molar-refractivity contribution in [3.63, 3.8) is 0 Å². The standard InChI is InChI=1S/C25H30N2O.C5H10O2.C3H9N.C2H6.CH2O/c1-19-8-10-20(11-9-19)21-18-25(12-16-26(2)17-13-25)28-23-7-5-6-22(24(21)23)27-14-3-4-15-27;1-5(2,3)7-4-6;1-3-4-2;2*1-2/h5-11,18H,3-4,12-17H2,1-2H3;4H,1-3H3;4H,3H2,1-2H3;1-2H3;1H2. The number of anilines is 1. The van der Waals surface area contributed by atoms with E-state index in [1.165, 1.54) is 40.8 Å². The quantitative estimate of drug-likeness (QED) is 0.385. The molecule has 2 aromatic carbocycles. The van der Waals surface area contributed by atoms with Gasteiger partial charge in [0.1, 0.15) is 23.7 Å². The third-order valence-electron chi connectivity index (χ3n) is 7.39. The summed E-state index contributed by atoms with van der Waals surface area (Å²) in [5, 5.41) is 2.93. The maximum Gasteiger partial charge on any atom is 0.293 e. The van der Waals surface area contributed by atoms with E-state index >= 15 is 0 Å². The van der Waals surface area contributed by atoms with Crippen LogP contribution in [0.2, 0.25) is 0 Å². The Morgan fingerprint density at radius 1 is 1.00 bits per heavy atom. The highest BCUT2D eigenvalue weighted by molar-refractivity contribution is 5.91. The van der Waals surface area contributed by atoms with E-state index in [0.717, 1.165) is 51.3 Å². The molecule has 0 atom stereocenters. The van der Waals surface area contributed by atoms with Crippen molar-refractivity contribution >= 4 is 24.5 Å². The molecule has 240 valence electrons. The van der Waals surface area contributed by atoms with Crippen LogP contribution in [0.3, 0.4) is 0 Å². The number of nitrogens with zero attached hydrogens (tertiary/aromatic N) is 2. The smallest absolute Gasteiger partial charge is 0.293 e. The molecule has 5 rings (SSSR count). The number of likely N-dealkylation sites (tertiary alicyclic amines) is 1. The van der Waals surface area contributed by atoms with Crippen molar-refractivity contribution in [3.05, 3.63) is 65.2 Å². The maximum absolute atomic E-state index is 9.60. The number of carbonyl (C=O) groups is 2. The predicted molar refractivity (Wildman–Crippen MR) is 181 cm³/mol. The van der Waals surface area contributed by atoms with Crippen LogP contribution >= 0.6 is 0 Å². The molecule has 0 aromatic heterocycles. The first-order valence-corrected chi connectivity index (χ1v) is 15.7. The largest absolute Gasteiger partial charge is 0.482 e. The molecule has 7 heteroatoms. The molecule has 1 spiro atoms. The van der Waals surface area contributed by atoms with E-state index in [0.29, 0.717) is 6.47 Å². The summed E-state index contributed by atoms with van der Waals surface area (Å²) < 4.78 is 11.3. The lowest BCUT2D eigenvalue weighted by atomic mass is 9.82. The minimum absolute atomic E-state index is 0.177. The third kappa shape index (κ3) is 11.8. The zero-order valence-electron chi connectivity index (χ0n) is 28.3. The van der Waals surface area contributed by atoms with Crippen LogP contribution < -0.4 is 15.0 Å². The van der Waals surface area contributed by atoms with Gasteiger partial charge in [-0.25, -0.2) is 0 Å². The number of piperidine rings is 1. The second-order valence-electron chi connectivity index (χ2n) is 11.8. The molecule has 0 amide bonds. The number of rotatable bonds is 4. The summed E-state index contributed by atoms with van der Waals surface area (Å²) in [6, 6.07) is 15.6. The second kappa shape index (κ2) is 19.2. The first-order valence-electron chi connectivity index (χ1n) is 15.7. The van der Waals surface area contributed by atoms with Crippen LogP contribution in [0, 0.1) is 6.92 Å². The minimum Gasteiger partial charge on any atom is -0.482 e. The number of hydrogen-bond donors (Lipinski definition) is 1. The number of aryl methyl sites for hydroxylation is 1. The van der Waals surface area contributed by atoms with Gasteiger partial charge in [-0.2, -0.15) is 0 Å². The Morgan fingerprint density at radius 3 is 2.02 bits per heavy atom. The Balaban J connectivity index is 0.000000522. The van der Waals surface area contributed by atoms with Gasteiger partial charge in [-0.05, 0) is 90.5 Å². The van der Waals surface area contributed by atoms with Gasteiger partial charge in [0.05, 0.1) is 0 Å². The van der Waals surface area contributed by atoms with E-state index < -0.39 is 0 Å². The van der Waals surface area contributed by atoms with Crippen molar-refractivity contribution in [1.29, 1.82) is 0 Å². The molecule has 2 fully saturated rings. The fourth-order valence-corrected chi connectivity index (χ4v) is 5.03. The van der Waals surface area contributed by atoms with E-state index in [-0.39, 0.29) is 11.2 Å². The van der Waals surface area contributed by atoms with Crippen LogP contribution in [0.1, 0.15) is 83.9 Å². The highest BCUT2D eigenvalue weighted by Gasteiger charge is 2.39. The Morgan fingerprint density at radius 2 is 1.56 bits per heavy atom. The number of ether oxygens (including phenoxy) is 2. The van der Waals surface area contributed by atoms with Crippen molar-refractivity contribution in [2.75, 3.05) is 51.7 Å². The third-order valence-corrected chi connectivity index (χ3v) is 7.39. The van der Waals surface area contributed by atoms with Crippen LogP contribution in [-0.2, 0) is 14.3 Å². The average Bonchev–Trinajstić information content (AvgIpc) is 3.56. The topological polar surface area (TPSA) is 71.1 Å². The Kier molecular flexibility index (Phi) is 16.9. The lowest BCUT2D eigenvalue weighted by Crippen LogP contribution is -2.47. The van der Waals surface area contributed by atoms with Crippen molar-refractivity contribution < 1.29 is 19.1 Å². The van der Waals surface area contributed by atoms with Gasteiger partial charge in [-0.1, -0.05) is 56.7 Å². The Labute approximate surface area is 261 Å². The van der Waals surface area contributed by atoms with Gasteiger partial charge >= 0.3 is 0 Å². The molecule has 0 saturated carbocycles. The molecular formula is C36H57N3O4. The summed E-state index contributed by atoms with van der Waals surface area (Å²) >= 11 is 0. The molecule has 3 aliphatic heterocycles. The van der Waals surface area contributed by atoms with Crippen LogP contribution in [-0.4, -0.2) is 76.2 Å². The number of carbonyl (C=O) groups excluding carboxylic acids is 2. The van der Waals surface area contributed by atoms with E-state index in [1.54, 1.807) is 0 Å². The SMILES string of the molecule is C=O.CC.CC(C)(C)OC=O.CCNC.Cc1ccc(C2=CC3(CCN(C)CC3)Oc3cccc(N4CCCC4)c32)cc1. The molecule has 43 heavy (non-hydrogen) atoms. The molecule has 0 unspecified atom stereocenters. The lowest BCUT2D eigenvalue weighted by molar-refractivity contribution is -0.138. The summed E-state index contributed by atoms with van der Waals surface area (Å²) in [5.74, 6) is 1.06. The number of fused-ring (bicyclic) bond motifs is 1. The van der Waals surface area contributed by atoms with Crippen molar-refractivity contribution in [3.8, 4) is 5.75 Å². The molecule has 1 N–H and O–H groups in total. The zero-order valence-corrected chi connectivity index (χ0v) is 28.3. The fraction of sp³-hybridized carbons (Fsp3) is 0.556. The van der Waals surface area contributed by atoms with Gasteiger partial charge in [0.25, 0.3) is 6.47 Å². The molecular weight excluding hydrogens is 538 g/mol. The lowest BCUT2D eigenvalue weighted by Gasteiger charge is -2.43. The summed E-state index contributed by atoms with van der Waals surface area (Å²) in [6.07, 6.45) is 7.11. The number of nitrogens with one attached hydrogen (secondary N) is 1. The first-order chi connectivity index (χ1) is 20.6. The van der Waals surface area contributed by atoms with Crippen molar-refractivity contribution in [2.45, 2.75) is 85.4 Å². The van der Waals surface area contributed by atoms with Crippen LogP contribution in [0.4, 0.5) is 5.69 Å². The van der Waals surface area contributed by atoms with Gasteiger partial charge < -0.3 is 29.4 Å². The molecule has 2 aromatic rings. The number of benzene rings is 2. The summed E-state index contributed by atoms with van der Waals surface area (Å²) in [6.45, 7) is 21.7. The Hall–Kier alpha value is -3.16. The molecule has 7 nitrogen and oxygen atoms in total. The van der Waals surface area contributed by atoms with E-state index in [9.17, 15) is 4.79 Å². The van der Waals surface area contributed by atoms with E-state index in [4.69, 9.17) is 9.53 Å². The van der Waals surface area contributed by atoms with Gasteiger partial charge in [0, 0.05) is 50.3 Å². The molecule has 0 aliphatic carbocycles. The zero-order chi connectivity index (χ0) is 32.5. The monoisotopic (exact) mass is 595 g/mol. The molecule has 3 aliphatic rings. The molecule has 3 heterocycles. The van der Waals surface area contributed by atoms with Crippen molar-refractivity contribution in [1.82, 2.24) is 10.2 Å². The highest BCUT2D eigenvalue weighted by atomic mass is 16.5. The summed E-state index contributed by atoms with van der Waals surface area (Å²) in [4.78, 5) is 22.5. The van der Waals surface area contributed by atoms with Crippen LogP contribution in [0.15, 0.2) is 48.5 Å². The Bertz CT molecular complexity index is 1090. The van der Waals surface area contributed by atoms with Gasteiger partial charge in [-0.3, -0.25) is 4.79 Å². The van der Waals surface area contributed by atoms with Crippen molar-refractivity contribution in [2.24, 2.45) is 0 Å². The van der Waals surface area contributed by atoms with E-state index in [2.05, 4.69) is 89.3 Å². The van der Waals surface area contributed by atoms with Crippen LogP contribution in [0.25, 0.3) is 5.57 Å². The van der Waals surface area contributed by atoms with Crippen LogP contribution in [0.5, 0.6) is 5.75 Å². The average molecular weight is 596 g/mol. The molecule has 0 radical (unpaired) electrons. The summed E-state index contributed by atoms with van der Waals surface area (Å²) in [7, 11) is 4.14. The van der Waals surface area contributed by atoms with Gasteiger partial charge in [0.2, 0.25) is 0 Å². The predicted octanol–water partition coefficient (Wildman–Crippen LogP) is 6.91. The minimum atomic E-state index is -0.318.